The van der Waals surface area contributed by atoms with Gasteiger partial charge in [0.05, 0.1) is 12.7 Å². The van der Waals surface area contributed by atoms with Crippen molar-refractivity contribution in [3.05, 3.63) is 0 Å². The van der Waals surface area contributed by atoms with Crippen molar-refractivity contribution in [2.24, 2.45) is 23.5 Å². The van der Waals surface area contributed by atoms with E-state index in [1.807, 2.05) is 0 Å². The second-order valence-electron chi connectivity index (χ2n) is 4.93. The highest BCUT2D eigenvalue weighted by molar-refractivity contribution is 4.82. The van der Waals surface area contributed by atoms with Gasteiger partial charge < -0.3 is 10.5 Å². The van der Waals surface area contributed by atoms with E-state index in [2.05, 4.69) is 20.8 Å². The molecule has 14 heavy (non-hydrogen) atoms. The lowest BCUT2D eigenvalue weighted by atomic mass is 9.72. The molecule has 2 N–H and O–H groups in total. The maximum Gasteiger partial charge on any atom is 0.0608 e. The Morgan fingerprint density at radius 2 is 2.07 bits per heavy atom. The quantitative estimate of drug-likeness (QED) is 0.754. The van der Waals surface area contributed by atoms with Gasteiger partial charge in [0.15, 0.2) is 0 Å². The Hall–Kier alpha value is -0.0800. The van der Waals surface area contributed by atoms with Crippen LogP contribution in [0.5, 0.6) is 0 Å². The molecule has 0 unspecified atom stereocenters. The lowest BCUT2D eigenvalue weighted by molar-refractivity contribution is -0.0435. The third-order valence-corrected chi connectivity index (χ3v) is 3.45. The SMILES string of the molecule is CC(C)[C@H]1[C@@H](OCCN)CCC[C@@H]1C. The summed E-state index contributed by atoms with van der Waals surface area (Å²) in [6.07, 6.45) is 4.38. The fraction of sp³-hybridized carbons (Fsp3) is 1.00. The van der Waals surface area contributed by atoms with E-state index >= 15 is 0 Å². The smallest absolute Gasteiger partial charge is 0.0608 e. The second-order valence-corrected chi connectivity index (χ2v) is 4.93. The molecule has 2 nitrogen and oxygen atoms in total. The number of hydrogen-bond donors (Lipinski definition) is 1. The minimum atomic E-state index is 0.460. The normalized spacial score (nSPS) is 33.6. The Labute approximate surface area is 88.2 Å². The Kier molecular flexibility index (Phi) is 4.90. The van der Waals surface area contributed by atoms with Gasteiger partial charge in [-0.25, -0.2) is 0 Å². The molecule has 0 spiro atoms. The molecule has 0 aromatic rings. The predicted molar refractivity (Wildman–Crippen MR) is 60.1 cm³/mol. The summed E-state index contributed by atoms with van der Waals surface area (Å²) in [6, 6.07) is 0. The van der Waals surface area contributed by atoms with Crippen molar-refractivity contribution in [1.29, 1.82) is 0 Å². The third-order valence-electron chi connectivity index (χ3n) is 3.45. The zero-order chi connectivity index (χ0) is 10.6. The van der Waals surface area contributed by atoms with Crippen LogP contribution >= 0.6 is 0 Å². The number of ether oxygens (including phenoxy) is 1. The van der Waals surface area contributed by atoms with E-state index in [0.29, 0.717) is 12.6 Å². The zero-order valence-corrected chi connectivity index (χ0v) is 9.83. The standard InChI is InChI=1S/C12H25NO/c1-9(2)12-10(3)5-4-6-11(12)14-8-7-13/h9-12H,4-8,13H2,1-3H3/t10-,11-,12+/m0/s1. The average Bonchev–Trinajstić information content (AvgIpc) is 2.14. The molecule has 0 bridgehead atoms. The van der Waals surface area contributed by atoms with Crippen molar-refractivity contribution in [2.45, 2.75) is 46.1 Å². The molecule has 1 aliphatic carbocycles. The summed E-state index contributed by atoms with van der Waals surface area (Å²) in [6.45, 7) is 8.36. The molecule has 84 valence electrons. The van der Waals surface area contributed by atoms with Gasteiger partial charge in [0.25, 0.3) is 0 Å². The van der Waals surface area contributed by atoms with Crippen LogP contribution in [-0.4, -0.2) is 19.3 Å². The molecule has 0 aliphatic heterocycles. The molecule has 0 amide bonds. The van der Waals surface area contributed by atoms with E-state index in [-0.39, 0.29) is 0 Å². The fourth-order valence-corrected chi connectivity index (χ4v) is 2.89. The van der Waals surface area contributed by atoms with Crippen LogP contribution in [0, 0.1) is 17.8 Å². The van der Waals surface area contributed by atoms with Crippen LogP contribution < -0.4 is 5.73 Å². The number of rotatable bonds is 4. The summed E-state index contributed by atoms with van der Waals surface area (Å²) < 4.78 is 5.85. The summed E-state index contributed by atoms with van der Waals surface area (Å²) in [5.41, 5.74) is 5.48. The van der Waals surface area contributed by atoms with Gasteiger partial charge in [0.2, 0.25) is 0 Å². The van der Waals surface area contributed by atoms with Gasteiger partial charge in [-0.3, -0.25) is 0 Å². The van der Waals surface area contributed by atoms with Gasteiger partial charge in [0, 0.05) is 6.54 Å². The Morgan fingerprint density at radius 3 is 2.64 bits per heavy atom. The molecule has 0 aromatic heterocycles. The van der Waals surface area contributed by atoms with Gasteiger partial charge in [-0.2, -0.15) is 0 Å². The molecule has 1 saturated carbocycles. The van der Waals surface area contributed by atoms with Gasteiger partial charge in [0.1, 0.15) is 0 Å². The van der Waals surface area contributed by atoms with E-state index in [1.165, 1.54) is 19.3 Å². The van der Waals surface area contributed by atoms with Crippen molar-refractivity contribution in [3.63, 3.8) is 0 Å². The number of hydrogen-bond acceptors (Lipinski definition) is 2. The zero-order valence-electron chi connectivity index (χ0n) is 9.83. The minimum Gasteiger partial charge on any atom is -0.377 e. The molecule has 1 fully saturated rings. The third kappa shape index (κ3) is 2.96. The largest absolute Gasteiger partial charge is 0.377 e. The van der Waals surface area contributed by atoms with Crippen LogP contribution in [0.3, 0.4) is 0 Å². The Morgan fingerprint density at radius 1 is 1.36 bits per heavy atom. The first-order valence-electron chi connectivity index (χ1n) is 5.98. The molecule has 0 aromatic carbocycles. The summed E-state index contributed by atoms with van der Waals surface area (Å²) >= 11 is 0. The predicted octanol–water partition coefficient (Wildman–Crippen LogP) is 2.42. The summed E-state index contributed by atoms with van der Waals surface area (Å²) in [5, 5.41) is 0. The van der Waals surface area contributed by atoms with Crippen molar-refractivity contribution < 1.29 is 4.74 Å². The lowest BCUT2D eigenvalue weighted by Crippen LogP contribution is -2.37. The van der Waals surface area contributed by atoms with Gasteiger partial charge >= 0.3 is 0 Å². The molecule has 1 rings (SSSR count). The van der Waals surface area contributed by atoms with Crippen LogP contribution in [0.4, 0.5) is 0 Å². The summed E-state index contributed by atoms with van der Waals surface area (Å²) in [7, 11) is 0. The van der Waals surface area contributed by atoms with Crippen molar-refractivity contribution in [1.82, 2.24) is 0 Å². The van der Waals surface area contributed by atoms with Crippen LogP contribution in [0.2, 0.25) is 0 Å². The maximum absolute atomic E-state index is 5.85. The molecule has 3 atom stereocenters. The van der Waals surface area contributed by atoms with Crippen molar-refractivity contribution in [3.8, 4) is 0 Å². The highest BCUT2D eigenvalue weighted by atomic mass is 16.5. The van der Waals surface area contributed by atoms with Crippen molar-refractivity contribution in [2.75, 3.05) is 13.2 Å². The first kappa shape index (κ1) is 12.0. The monoisotopic (exact) mass is 199 g/mol. The maximum atomic E-state index is 5.85. The molecule has 0 radical (unpaired) electrons. The average molecular weight is 199 g/mol. The van der Waals surface area contributed by atoms with Gasteiger partial charge in [-0.1, -0.05) is 33.6 Å². The number of nitrogens with two attached hydrogens (primary N) is 1. The summed E-state index contributed by atoms with van der Waals surface area (Å²) in [4.78, 5) is 0. The molecular weight excluding hydrogens is 174 g/mol. The van der Waals surface area contributed by atoms with E-state index in [9.17, 15) is 0 Å². The second kappa shape index (κ2) is 5.72. The molecule has 0 saturated heterocycles. The molecule has 0 heterocycles. The lowest BCUT2D eigenvalue weighted by Gasteiger charge is -2.39. The topological polar surface area (TPSA) is 35.2 Å². The van der Waals surface area contributed by atoms with E-state index in [0.717, 1.165) is 24.4 Å². The molecule has 1 aliphatic rings. The van der Waals surface area contributed by atoms with E-state index in [1.54, 1.807) is 0 Å². The van der Waals surface area contributed by atoms with Gasteiger partial charge in [-0.05, 0) is 24.2 Å². The fourth-order valence-electron chi connectivity index (χ4n) is 2.89. The Bertz CT molecular complexity index is 158. The van der Waals surface area contributed by atoms with Crippen LogP contribution in [-0.2, 0) is 4.74 Å². The van der Waals surface area contributed by atoms with E-state index in [4.69, 9.17) is 10.5 Å². The van der Waals surface area contributed by atoms with Crippen LogP contribution in [0.1, 0.15) is 40.0 Å². The summed E-state index contributed by atoms with van der Waals surface area (Å²) in [5.74, 6) is 2.27. The van der Waals surface area contributed by atoms with Crippen molar-refractivity contribution >= 4 is 0 Å². The molecule has 2 heteroatoms. The highest BCUT2D eigenvalue weighted by Crippen LogP contribution is 2.36. The van der Waals surface area contributed by atoms with Gasteiger partial charge in [-0.15, -0.1) is 0 Å². The van der Waals surface area contributed by atoms with Crippen LogP contribution in [0.25, 0.3) is 0 Å². The Balaban J connectivity index is 2.51. The van der Waals surface area contributed by atoms with Crippen LogP contribution in [0.15, 0.2) is 0 Å². The first-order valence-corrected chi connectivity index (χ1v) is 5.98. The first-order chi connectivity index (χ1) is 6.66. The molecular formula is C12H25NO. The van der Waals surface area contributed by atoms with E-state index < -0.39 is 0 Å². The highest BCUT2D eigenvalue weighted by Gasteiger charge is 2.33. The minimum absolute atomic E-state index is 0.460.